The number of aliphatic hydroxyl groups is 1. The Morgan fingerprint density at radius 2 is 2.25 bits per heavy atom. The predicted molar refractivity (Wildman–Crippen MR) is 75.7 cm³/mol. The third-order valence-corrected chi connectivity index (χ3v) is 3.14. The average molecular weight is 275 g/mol. The molecule has 1 atom stereocenters. The minimum atomic E-state index is -0.376. The molecule has 0 saturated heterocycles. The van der Waals surface area contributed by atoms with E-state index in [0.29, 0.717) is 19.5 Å². The van der Waals surface area contributed by atoms with E-state index in [1.165, 1.54) is 6.33 Å². The number of aliphatic hydroxyl groups excluding tert-OH is 1. The Kier molecular flexibility index (Phi) is 5.20. The second-order valence-electron chi connectivity index (χ2n) is 4.95. The van der Waals surface area contributed by atoms with Crippen LogP contribution in [-0.4, -0.2) is 42.9 Å². The molecule has 108 valence electrons. The molecule has 0 unspecified atom stereocenters. The molecule has 6 heteroatoms. The summed E-state index contributed by atoms with van der Waals surface area (Å²) in [5.41, 5.74) is 1.16. The van der Waals surface area contributed by atoms with Gasteiger partial charge in [-0.05, 0) is 25.1 Å². The van der Waals surface area contributed by atoms with Crippen molar-refractivity contribution >= 4 is 0 Å². The first-order valence-electron chi connectivity index (χ1n) is 6.81. The molecule has 0 amide bonds. The van der Waals surface area contributed by atoms with Crippen molar-refractivity contribution in [2.24, 2.45) is 0 Å². The zero-order chi connectivity index (χ0) is 14.4. The van der Waals surface area contributed by atoms with E-state index in [1.54, 1.807) is 10.9 Å². The van der Waals surface area contributed by atoms with Crippen molar-refractivity contribution in [2.75, 3.05) is 7.05 Å². The molecule has 0 spiro atoms. The number of hydrogen-bond acceptors (Lipinski definition) is 5. The molecule has 0 saturated carbocycles. The lowest BCUT2D eigenvalue weighted by Gasteiger charge is -2.17. The van der Waals surface area contributed by atoms with Gasteiger partial charge in [-0.3, -0.25) is 9.88 Å². The molecule has 0 fully saturated rings. The molecule has 2 heterocycles. The first-order valence-corrected chi connectivity index (χ1v) is 6.81. The van der Waals surface area contributed by atoms with Crippen molar-refractivity contribution in [2.45, 2.75) is 39.1 Å². The first-order chi connectivity index (χ1) is 9.69. The summed E-state index contributed by atoms with van der Waals surface area (Å²) < 4.78 is 1.77. The lowest BCUT2D eigenvalue weighted by atomic mass is 10.2. The Hall–Kier alpha value is -1.79. The first kappa shape index (κ1) is 14.6. The monoisotopic (exact) mass is 275 g/mol. The van der Waals surface area contributed by atoms with Gasteiger partial charge in [0.15, 0.2) is 0 Å². The fourth-order valence-electron chi connectivity index (χ4n) is 1.99. The zero-order valence-corrected chi connectivity index (χ0v) is 12.0. The number of aromatic nitrogens is 4. The summed E-state index contributed by atoms with van der Waals surface area (Å²) in [6.45, 7) is 3.94. The fraction of sp³-hybridized carbons (Fsp3) is 0.500. The van der Waals surface area contributed by atoms with Crippen molar-refractivity contribution in [3.8, 4) is 0 Å². The van der Waals surface area contributed by atoms with Crippen LogP contribution in [-0.2, 0) is 19.6 Å². The maximum atomic E-state index is 9.71. The van der Waals surface area contributed by atoms with Crippen LogP contribution in [0.1, 0.15) is 24.7 Å². The summed E-state index contributed by atoms with van der Waals surface area (Å²) in [6.07, 6.45) is 5.51. The second-order valence-corrected chi connectivity index (χ2v) is 4.95. The highest BCUT2D eigenvalue weighted by molar-refractivity contribution is 5.08. The summed E-state index contributed by atoms with van der Waals surface area (Å²) in [7, 11) is 2.03. The molecule has 2 aromatic heterocycles. The van der Waals surface area contributed by atoms with Crippen LogP contribution in [0, 0.1) is 0 Å². The highest BCUT2D eigenvalue weighted by atomic mass is 16.3. The third-order valence-electron chi connectivity index (χ3n) is 3.14. The number of hydrogen-bond donors (Lipinski definition) is 1. The van der Waals surface area contributed by atoms with Gasteiger partial charge in [-0.2, -0.15) is 5.10 Å². The van der Waals surface area contributed by atoms with E-state index in [9.17, 15) is 5.11 Å². The van der Waals surface area contributed by atoms with Gasteiger partial charge in [-0.15, -0.1) is 0 Å². The van der Waals surface area contributed by atoms with E-state index in [0.717, 1.165) is 17.9 Å². The molecule has 2 aromatic rings. The van der Waals surface area contributed by atoms with Gasteiger partial charge in [0.1, 0.15) is 12.2 Å². The number of nitrogens with zero attached hydrogens (tertiary/aromatic N) is 5. The normalized spacial score (nSPS) is 12.8. The molecule has 0 aliphatic rings. The Morgan fingerprint density at radius 1 is 1.40 bits per heavy atom. The number of pyridine rings is 1. The van der Waals surface area contributed by atoms with Crippen LogP contribution >= 0.6 is 0 Å². The smallest absolute Gasteiger partial charge is 0.141 e. The fourth-order valence-corrected chi connectivity index (χ4v) is 1.99. The van der Waals surface area contributed by atoms with Gasteiger partial charge >= 0.3 is 0 Å². The van der Waals surface area contributed by atoms with Crippen LogP contribution < -0.4 is 0 Å². The predicted octanol–water partition coefficient (Wildman–Crippen LogP) is 1.08. The van der Waals surface area contributed by atoms with Crippen molar-refractivity contribution < 1.29 is 5.11 Å². The Bertz CT molecular complexity index is 513. The number of rotatable bonds is 7. The van der Waals surface area contributed by atoms with Crippen LogP contribution in [0.3, 0.4) is 0 Å². The lowest BCUT2D eigenvalue weighted by Crippen LogP contribution is -2.23. The summed E-state index contributed by atoms with van der Waals surface area (Å²) >= 11 is 0. The quantitative estimate of drug-likeness (QED) is 0.819. The SMILES string of the molecule is CC[C@@H](O)Cn1ncnc1CN(C)Cc1cccnc1. The summed E-state index contributed by atoms with van der Waals surface area (Å²) in [4.78, 5) is 10.5. The van der Waals surface area contributed by atoms with Crippen LogP contribution in [0.2, 0.25) is 0 Å². The Morgan fingerprint density at radius 3 is 2.95 bits per heavy atom. The Labute approximate surface area is 119 Å². The molecule has 2 rings (SSSR count). The largest absolute Gasteiger partial charge is 0.391 e. The summed E-state index contributed by atoms with van der Waals surface area (Å²) in [5, 5.41) is 13.9. The van der Waals surface area contributed by atoms with Gasteiger partial charge < -0.3 is 5.11 Å². The van der Waals surface area contributed by atoms with Gasteiger partial charge in [-0.1, -0.05) is 13.0 Å². The van der Waals surface area contributed by atoms with Gasteiger partial charge in [-0.25, -0.2) is 9.67 Å². The third kappa shape index (κ3) is 4.11. The van der Waals surface area contributed by atoms with E-state index < -0.39 is 0 Å². The highest BCUT2D eigenvalue weighted by Gasteiger charge is 2.11. The Balaban J connectivity index is 1.94. The molecule has 0 aromatic carbocycles. The van der Waals surface area contributed by atoms with Crippen LogP contribution in [0.25, 0.3) is 0 Å². The minimum absolute atomic E-state index is 0.376. The molecule has 6 nitrogen and oxygen atoms in total. The van der Waals surface area contributed by atoms with Gasteiger partial charge in [0.25, 0.3) is 0 Å². The van der Waals surface area contributed by atoms with Gasteiger partial charge in [0, 0.05) is 18.9 Å². The van der Waals surface area contributed by atoms with Gasteiger partial charge in [0.05, 0.1) is 19.2 Å². The molecule has 1 N–H and O–H groups in total. The molecular formula is C14H21N5O. The topological polar surface area (TPSA) is 67.1 Å². The summed E-state index contributed by atoms with van der Waals surface area (Å²) in [5.74, 6) is 0.865. The van der Waals surface area contributed by atoms with E-state index in [4.69, 9.17) is 0 Å². The van der Waals surface area contributed by atoms with E-state index in [1.807, 2.05) is 26.2 Å². The molecule has 0 radical (unpaired) electrons. The van der Waals surface area contributed by atoms with Crippen LogP contribution in [0.15, 0.2) is 30.9 Å². The average Bonchev–Trinajstić information content (AvgIpc) is 2.86. The van der Waals surface area contributed by atoms with Crippen molar-refractivity contribution in [1.82, 2.24) is 24.6 Å². The minimum Gasteiger partial charge on any atom is -0.391 e. The molecule has 0 bridgehead atoms. The van der Waals surface area contributed by atoms with E-state index in [2.05, 4.69) is 26.0 Å². The van der Waals surface area contributed by atoms with E-state index >= 15 is 0 Å². The zero-order valence-electron chi connectivity index (χ0n) is 12.0. The second kappa shape index (κ2) is 7.12. The van der Waals surface area contributed by atoms with Crippen molar-refractivity contribution in [1.29, 1.82) is 0 Å². The molecular weight excluding hydrogens is 254 g/mol. The van der Waals surface area contributed by atoms with E-state index in [-0.39, 0.29) is 6.10 Å². The summed E-state index contributed by atoms with van der Waals surface area (Å²) in [6, 6.07) is 3.98. The van der Waals surface area contributed by atoms with Crippen molar-refractivity contribution in [3.63, 3.8) is 0 Å². The van der Waals surface area contributed by atoms with Crippen LogP contribution in [0.4, 0.5) is 0 Å². The van der Waals surface area contributed by atoms with Gasteiger partial charge in [0.2, 0.25) is 0 Å². The standard InChI is InChI=1S/C14H21N5O/c1-3-13(20)9-19-14(16-11-17-19)10-18(2)8-12-5-4-6-15-7-12/h4-7,11,13,20H,3,8-10H2,1-2H3/t13-/m1/s1. The maximum absolute atomic E-state index is 9.71. The molecule has 0 aliphatic heterocycles. The molecule has 0 aliphatic carbocycles. The maximum Gasteiger partial charge on any atom is 0.141 e. The molecule has 20 heavy (non-hydrogen) atoms. The van der Waals surface area contributed by atoms with Crippen molar-refractivity contribution in [3.05, 3.63) is 42.2 Å². The van der Waals surface area contributed by atoms with Crippen LogP contribution in [0.5, 0.6) is 0 Å². The highest BCUT2D eigenvalue weighted by Crippen LogP contribution is 2.06. The lowest BCUT2D eigenvalue weighted by molar-refractivity contribution is 0.142.